The van der Waals surface area contributed by atoms with Crippen LogP contribution in [0.2, 0.25) is 0 Å². The molecule has 1 N–H and O–H groups in total. The van der Waals surface area contributed by atoms with E-state index in [1.807, 2.05) is 67.6 Å². The van der Waals surface area contributed by atoms with Crippen molar-refractivity contribution in [3.05, 3.63) is 142 Å². The van der Waals surface area contributed by atoms with E-state index in [0.29, 0.717) is 16.8 Å². The molecule has 0 saturated carbocycles. The van der Waals surface area contributed by atoms with Crippen LogP contribution in [0.4, 0.5) is 5.69 Å². The Hall–Kier alpha value is -4.67. The fourth-order valence-electron chi connectivity index (χ4n) is 4.13. The summed E-state index contributed by atoms with van der Waals surface area (Å²) in [6.07, 6.45) is 0. The van der Waals surface area contributed by atoms with E-state index in [2.05, 4.69) is 4.72 Å². The molecule has 4 rings (SSSR count). The molecular formula is C30H27N3O6S. The highest BCUT2D eigenvalue weighted by Crippen LogP contribution is 2.28. The monoisotopic (exact) mass is 557 g/mol. The lowest BCUT2D eigenvalue weighted by Gasteiger charge is -2.25. The lowest BCUT2D eigenvalue weighted by molar-refractivity contribution is -0.384. The first kappa shape index (κ1) is 28.3. The van der Waals surface area contributed by atoms with Crippen LogP contribution < -0.4 is 4.72 Å². The van der Waals surface area contributed by atoms with Crippen LogP contribution in [0.1, 0.15) is 28.3 Å². The quantitative estimate of drug-likeness (QED) is 0.126. The minimum Gasteiger partial charge on any atom is -0.467 e. The Labute approximate surface area is 232 Å². The average Bonchev–Trinajstić information content (AvgIpc) is 2.97. The number of nitrogens with zero attached hydrogens (tertiary/aromatic N) is 2. The van der Waals surface area contributed by atoms with Gasteiger partial charge in [-0.05, 0) is 24.6 Å². The summed E-state index contributed by atoms with van der Waals surface area (Å²) in [7, 11) is -3.03. The van der Waals surface area contributed by atoms with E-state index in [0.717, 1.165) is 5.56 Å². The number of carbonyl (C=O) groups excluding carboxylic acids is 1. The first-order valence-corrected chi connectivity index (χ1v) is 13.8. The summed E-state index contributed by atoms with van der Waals surface area (Å²) in [6.45, 7) is 1.83. The second kappa shape index (κ2) is 12.5. The molecule has 0 aliphatic rings. The SMILES string of the molecule is COC(=O)[C@@H](N=C(c1ccccc1)c1ccccc1)[C@@H](NS(=O)(=O)c1ccc(C)cc1)c1cccc([N+](=O)[O-])c1. The maximum Gasteiger partial charge on any atom is 0.332 e. The van der Waals surface area contributed by atoms with Crippen molar-refractivity contribution in [3.63, 3.8) is 0 Å². The molecule has 0 aliphatic carbocycles. The summed E-state index contributed by atoms with van der Waals surface area (Å²) in [5.41, 5.74) is 2.55. The topological polar surface area (TPSA) is 128 Å². The molecule has 4 aromatic rings. The van der Waals surface area contributed by atoms with E-state index in [4.69, 9.17) is 9.73 Å². The zero-order valence-corrected chi connectivity index (χ0v) is 22.6. The molecule has 10 heteroatoms. The van der Waals surface area contributed by atoms with Crippen LogP contribution in [-0.2, 0) is 19.6 Å². The molecule has 0 unspecified atom stereocenters. The standard InChI is InChI=1S/C30H27N3O6S/c1-21-16-18-26(19-17-21)40(37,38)32-28(24-14-9-15-25(20-24)33(35)36)29(30(34)39-2)31-27(22-10-5-3-6-11-22)23-12-7-4-8-13-23/h3-20,28-29,32H,1-2H3/t28-,29-/m0/s1. The molecule has 204 valence electrons. The second-order valence-electron chi connectivity index (χ2n) is 8.94. The van der Waals surface area contributed by atoms with Gasteiger partial charge in [-0.15, -0.1) is 0 Å². The summed E-state index contributed by atoms with van der Waals surface area (Å²) in [5, 5.41) is 11.6. The number of benzene rings is 4. The Morgan fingerprint density at radius 1 is 0.875 bits per heavy atom. The van der Waals surface area contributed by atoms with E-state index >= 15 is 0 Å². The van der Waals surface area contributed by atoms with E-state index in [1.165, 1.54) is 43.5 Å². The Morgan fingerprint density at radius 2 is 1.45 bits per heavy atom. The van der Waals surface area contributed by atoms with Crippen molar-refractivity contribution in [2.24, 2.45) is 4.99 Å². The van der Waals surface area contributed by atoms with Crippen molar-refractivity contribution < 1.29 is 22.9 Å². The van der Waals surface area contributed by atoms with Crippen LogP contribution in [-0.4, -0.2) is 38.2 Å². The summed E-state index contributed by atoms with van der Waals surface area (Å²) >= 11 is 0. The highest BCUT2D eigenvalue weighted by Gasteiger charge is 2.35. The third-order valence-corrected chi connectivity index (χ3v) is 7.63. The minimum absolute atomic E-state index is 0.0348. The number of hydrogen-bond acceptors (Lipinski definition) is 7. The molecule has 9 nitrogen and oxygen atoms in total. The fourth-order valence-corrected chi connectivity index (χ4v) is 5.36. The molecule has 0 fully saturated rings. The number of nitro groups is 1. The van der Waals surface area contributed by atoms with E-state index < -0.39 is 33.0 Å². The van der Waals surface area contributed by atoms with Crippen molar-refractivity contribution in [3.8, 4) is 0 Å². The van der Waals surface area contributed by atoms with Gasteiger partial charge in [0.25, 0.3) is 5.69 Å². The third kappa shape index (κ3) is 6.66. The van der Waals surface area contributed by atoms with Crippen molar-refractivity contribution in [2.75, 3.05) is 7.11 Å². The fraction of sp³-hybridized carbons (Fsp3) is 0.133. The molecule has 0 heterocycles. The normalized spacial score (nSPS) is 12.7. The van der Waals surface area contributed by atoms with Crippen LogP contribution in [0.25, 0.3) is 0 Å². The summed E-state index contributed by atoms with van der Waals surface area (Å²) in [6, 6.07) is 27.1. The van der Waals surface area contributed by atoms with Crippen LogP contribution in [0.5, 0.6) is 0 Å². The van der Waals surface area contributed by atoms with Crippen molar-refractivity contribution in [2.45, 2.75) is 23.9 Å². The lowest BCUT2D eigenvalue weighted by Crippen LogP contribution is -2.40. The Balaban J connectivity index is 1.93. The predicted molar refractivity (Wildman–Crippen MR) is 152 cm³/mol. The van der Waals surface area contributed by atoms with Crippen LogP contribution >= 0.6 is 0 Å². The summed E-state index contributed by atoms with van der Waals surface area (Å²) < 4.78 is 34.7. The first-order valence-electron chi connectivity index (χ1n) is 12.3. The zero-order chi connectivity index (χ0) is 28.7. The van der Waals surface area contributed by atoms with Crippen molar-refractivity contribution in [1.29, 1.82) is 0 Å². The predicted octanol–water partition coefficient (Wildman–Crippen LogP) is 5.00. The number of rotatable bonds is 10. The highest BCUT2D eigenvalue weighted by molar-refractivity contribution is 7.89. The molecule has 40 heavy (non-hydrogen) atoms. The van der Waals surface area contributed by atoms with Gasteiger partial charge in [-0.3, -0.25) is 15.1 Å². The number of non-ortho nitro benzene ring substituents is 1. The number of aryl methyl sites for hydroxylation is 1. The number of hydrogen-bond donors (Lipinski definition) is 1. The van der Waals surface area contributed by atoms with Crippen LogP contribution in [0, 0.1) is 17.0 Å². The molecular weight excluding hydrogens is 530 g/mol. The number of sulfonamides is 1. The molecule has 4 aromatic carbocycles. The van der Waals surface area contributed by atoms with E-state index in [9.17, 15) is 23.3 Å². The van der Waals surface area contributed by atoms with E-state index in [-0.39, 0.29) is 16.1 Å². The smallest absolute Gasteiger partial charge is 0.332 e. The Bertz CT molecular complexity index is 1580. The van der Waals surface area contributed by atoms with Gasteiger partial charge >= 0.3 is 5.97 Å². The largest absolute Gasteiger partial charge is 0.467 e. The van der Waals surface area contributed by atoms with Crippen molar-refractivity contribution >= 4 is 27.4 Å². The molecule has 0 radical (unpaired) electrons. The Kier molecular flexibility index (Phi) is 8.83. The lowest BCUT2D eigenvalue weighted by atomic mass is 9.97. The van der Waals surface area contributed by atoms with Gasteiger partial charge < -0.3 is 4.74 Å². The van der Waals surface area contributed by atoms with Gasteiger partial charge in [-0.2, -0.15) is 0 Å². The molecule has 0 bridgehead atoms. The van der Waals surface area contributed by atoms with Gasteiger partial charge in [0.15, 0.2) is 6.04 Å². The molecule has 2 atom stereocenters. The summed E-state index contributed by atoms with van der Waals surface area (Å²) in [5.74, 6) is -0.826. The molecule has 0 spiro atoms. The highest BCUT2D eigenvalue weighted by atomic mass is 32.2. The number of nitro benzene ring substituents is 1. The summed E-state index contributed by atoms with van der Waals surface area (Å²) in [4.78, 5) is 29.0. The number of ether oxygens (including phenoxy) is 1. The van der Waals surface area contributed by atoms with E-state index in [1.54, 1.807) is 12.1 Å². The number of methoxy groups -OCH3 is 1. The number of esters is 1. The van der Waals surface area contributed by atoms with Gasteiger partial charge in [0.2, 0.25) is 10.0 Å². The molecule has 0 aromatic heterocycles. The van der Waals surface area contributed by atoms with Gasteiger partial charge in [-0.25, -0.2) is 17.9 Å². The van der Waals surface area contributed by atoms with Crippen molar-refractivity contribution in [1.82, 2.24) is 4.72 Å². The molecule has 0 amide bonds. The van der Waals surface area contributed by atoms with Gasteiger partial charge in [0.1, 0.15) is 0 Å². The third-order valence-electron chi connectivity index (χ3n) is 6.17. The second-order valence-corrected chi connectivity index (χ2v) is 10.7. The van der Waals surface area contributed by atoms with Gasteiger partial charge in [0, 0.05) is 23.3 Å². The maximum atomic E-state index is 13.5. The van der Waals surface area contributed by atoms with Crippen LogP contribution in [0.15, 0.2) is 119 Å². The molecule has 0 saturated heterocycles. The van der Waals surface area contributed by atoms with Gasteiger partial charge in [-0.1, -0.05) is 90.5 Å². The van der Waals surface area contributed by atoms with Gasteiger partial charge in [0.05, 0.1) is 28.7 Å². The number of aliphatic imine (C=N–C) groups is 1. The maximum absolute atomic E-state index is 13.5. The minimum atomic E-state index is -4.21. The number of nitrogens with one attached hydrogen (secondary N) is 1. The zero-order valence-electron chi connectivity index (χ0n) is 21.8. The average molecular weight is 558 g/mol. The van der Waals surface area contributed by atoms with Crippen LogP contribution in [0.3, 0.4) is 0 Å². The number of carbonyl (C=O) groups is 1. The molecule has 0 aliphatic heterocycles. The Morgan fingerprint density at radius 3 is 1.98 bits per heavy atom. The first-order chi connectivity index (χ1) is 19.2.